The van der Waals surface area contributed by atoms with Gasteiger partial charge in [0.2, 0.25) is 5.91 Å². The van der Waals surface area contributed by atoms with Gasteiger partial charge in [0, 0.05) is 20.0 Å². The Morgan fingerprint density at radius 2 is 2.10 bits per heavy atom. The van der Waals surface area contributed by atoms with E-state index in [4.69, 9.17) is 5.84 Å². The summed E-state index contributed by atoms with van der Waals surface area (Å²) in [5.74, 6) is 4.99. The molecule has 0 aliphatic heterocycles. The van der Waals surface area contributed by atoms with Crippen molar-refractivity contribution in [2.45, 2.75) is 13.3 Å². The van der Waals surface area contributed by atoms with E-state index in [9.17, 15) is 4.79 Å². The van der Waals surface area contributed by atoms with Gasteiger partial charge in [-0.15, -0.1) is 12.4 Å². The van der Waals surface area contributed by atoms with Gasteiger partial charge in [0.1, 0.15) is 0 Å². The molecule has 0 saturated heterocycles. The summed E-state index contributed by atoms with van der Waals surface area (Å²) in [4.78, 5) is 10.2. The fraction of sp³-hybridized carbons (Fsp3) is 0.800. The van der Waals surface area contributed by atoms with Gasteiger partial charge >= 0.3 is 0 Å². The van der Waals surface area contributed by atoms with Gasteiger partial charge in [0.05, 0.1) is 0 Å². The molecule has 1 amide bonds. The largest absolute Gasteiger partial charge is 0.356 e. The number of hydrazine groups is 1. The van der Waals surface area contributed by atoms with Gasteiger partial charge < -0.3 is 5.32 Å². The Morgan fingerprint density at radius 1 is 1.50 bits per heavy atom. The summed E-state index contributed by atoms with van der Waals surface area (Å²) in [6, 6.07) is 0. The van der Waals surface area contributed by atoms with E-state index in [-0.39, 0.29) is 18.3 Å². The van der Waals surface area contributed by atoms with E-state index in [1.807, 2.05) is 0 Å². The van der Waals surface area contributed by atoms with Gasteiger partial charge in [-0.1, -0.05) is 0 Å². The monoisotopic (exact) mass is 167 g/mol. The Hall–Kier alpha value is -0.320. The number of hydrogen-bond donors (Lipinski definition) is 3. The summed E-state index contributed by atoms with van der Waals surface area (Å²) in [6.45, 7) is 2.93. The lowest BCUT2D eigenvalue weighted by molar-refractivity contribution is -0.118. The second kappa shape index (κ2) is 8.68. The molecule has 0 bridgehead atoms. The molecule has 0 aliphatic carbocycles. The molecule has 0 radical (unpaired) electrons. The van der Waals surface area contributed by atoms with Crippen molar-refractivity contribution in [3.63, 3.8) is 0 Å². The van der Waals surface area contributed by atoms with Crippen LogP contribution in [0.25, 0.3) is 0 Å². The Morgan fingerprint density at radius 3 is 2.50 bits per heavy atom. The number of hydrogen-bond acceptors (Lipinski definition) is 3. The topological polar surface area (TPSA) is 67.2 Å². The van der Waals surface area contributed by atoms with Crippen LogP contribution in [0, 0.1) is 0 Å². The smallest absolute Gasteiger partial charge is 0.216 e. The minimum Gasteiger partial charge on any atom is -0.356 e. The molecule has 0 aromatic heterocycles. The summed E-state index contributed by atoms with van der Waals surface area (Å²) < 4.78 is 0. The van der Waals surface area contributed by atoms with E-state index < -0.39 is 0 Å². The number of rotatable bonds is 4. The third-order valence-electron chi connectivity index (χ3n) is 0.872. The van der Waals surface area contributed by atoms with Crippen molar-refractivity contribution in [2.24, 2.45) is 5.84 Å². The van der Waals surface area contributed by atoms with Gasteiger partial charge in [0.25, 0.3) is 0 Å². The minimum absolute atomic E-state index is 0. The molecule has 10 heavy (non-hydrogen) atoms. The maximum Gasteiger partial charge on any atom is 0.216 e. The molecular weight excluding hydrogens is 154 g/mol. The van der Waals surface area contributed by atoms with Crippen LogP contribution in [-0.2, 0) is 4.79 Å². The molecule has 0 spiro atoms. The van der Waals surface area contributed by atoms with Crippen LogP contribution in [0.3, 0.4) is 0 Å². The first kappa shape index (κ1) is 12.4. The number of carbonyl (C=O) groups is 1. The zero-order chi connectivity index (χ0) is 7.11. The second-order valence-corrected chi connectivity index (χ2v) is 1.79. The van der Waals surface area contributed by atoms with Crippen molar-refractivity contribution in [3.05, 3.63) is 0 Å². The molecule has 0 unspecified atom stereocenters. The molecule has 62 valence electrons. The molecule has 0 aliphatic rings. The van der Waals surface area contributed by atoms with Crippen LogP contribution in [-0.4, -0.2) is 19.0 Å². The zero-order valence-corrected chi connectivity index (χ0v) is 6.83. The lowest BCUT2D eigenvalue weighted by Gasteiger charge is -1.99. The van der Waals surface area contributed by atoms with Crippen LogP contribution in [0.5, 0.6) is 0 Å². The molecule has 0 saturated carbocycles. The number of nitrogens with one attached hydrogen (secondary N) is 2. The van der Waals surface area contributed by atoms with Crippen LogP contribution in [0.1, 0.15) is 13.3 Å². The Labute approximate surface area is 66.9 Å². The van der Waals surface area contributed by atoms with Gasteiger partial charge in [-0.05, 0) is 6.42 Å². The van der Waals surface area contributed by atoms with Crippen molar-refractivity contribution in [1.29, 1.82) is 0 Å². The fourth-order valence-corrected chi connectivity index (χ4v) is 0.455. The SMILES string of the molecule is CC(=O)NCCCNN.Cl. The van der Waals surface area contributed by atoms with Gasteiger partial charge in [-0.25, -0.2) is 0 Å². The van der Waals surface area contributed by atoms with E-state index in [1.54, 1.807) is 0 Å². The summed E-state index contributed by atoms with van der Waals surface area (Å²) in [6.07, 6.45) is 0.871. The minimum atomic E-state index is 0. The molecule has 5 heteroatoms. The molecular formula is C5H14ClN3O. The van der Waals surface area contributed by atoms with Crippen LogP contribution >= 0.6 is 12.4 Å². The van der Waals surface area contributed by atoms with Gasteiger partial charge in [-0.3, -0.25) is 16.1 Å². The van der Waals surface area contributed by atoms with Crippen LogP contribution in [0.4, 0.5) is 0 Å². The highest BCUT2D eigenvalue weighted by Crippen LogP contribution is 1.69. The standard InChI is InChI=1S/C5H13N3O.ClH/c1-5(9)7-3-2-4-8-6;/h8H,2-4,6H2,1H3,(H,7,9);1H. The second-order valence-electron chi connectivity index (χ2n) is 1.79. The summed E-state index contributed by atoms with van der Waals surface area (Å²) in [7, 11) is 0. The summed E-state index contributed by atoms with van der Waals surface area (Å²) in [5.41, 5.74) is 2.49. The highest BCUT2D eigenvalue weighted by Gasteiger charge is 1.87. The quantitative estimate of drug-likeness (QED) is 0.298. The number of nitrogens with two attached hydrogens (primary N) is 1. The van der Waals surface area contributed by atoms with E-state index >= 15 is 0 Å². The molecule has 0 heterocycles. The van der Waals surface area contributed by atoms with Crippen molar-refractivity contribution in [3.8, 4) is 0 Å². The van der Waals surface area contributed by atoms with Crippen LogP contribution < -0.4 is 16.6 Å². The number of carbonyl (C=O) groups excluding carboxylic acids is 1. The van der Waals surface area contributed by atoms with Crippen molar-refractivity contribution >= 4 is 18.3 Å². The van der Waals surface area contributed by atoms with E-state index in [1.165, 1.54) is 6.92 Å². The highest BCUT2D eigenvalue weighted by molar-refractivity contribution is 5.85. The Balaban J connectivity index is 0. The van der Waals surface area contributed by atoms with Crippen LogP contribution in [0.15, 0.2) is 0 Å². The maximum absolute atomic E-state index is 10.2. The average molecular weight is 168 g/mol. The zero-order valence-electron chi connectivity index (χ0n) is 6.02. The lowest BCUT2D eigenvalue weighted by atomic mass is 10.4. The molecule has 0 fully saturated rings. The molecule has 0 atom stereocenters. The first-order valence-corrected chi connectivity index (χ1v) is 2.95. The maximum atomic E-state index is 10.2. The Bertz CT molecular complexity index is 89.0. The van der Waals surface area contributed by atoms with Gasteiger partial charge in [-0.2, -0.15) is 0 Å². The molecule has 0 rings (SSSR count). The predicted molar refractivity (Wildman–Crippen MR) is 42.7 cm³/mol. The van der Waals surface area contributed by atoms with Gasteiger partial charge in [0.15, 0.2) is 0 Å². The lowest BCUT2D eigenvalue weighted by Crippen LogP contribution is -2.28. The van der Waals surface area contributed by atoms with Crippen molar-refractivity contribution in [1.82, 2.24) is 10.7 Å². The van der Waals surface area contributed by atoms with E-state index in [2.05, 4.69) is 10.7 Å². The normalized spacial score (nSPS) is 8.20. The molecule has 0 aromatic carbocycles. The third-order valence-corrected chi connectivity index (χ3v) is 0.872. The average Bonchev–Trinajstić information content (AvgIpc) is 1.80. The number of amides is 1. The fourth-order valence-electron chi connectivity index (χ4n) is 0.455. The third kappa shape index (κ3) is 10.6. The summed E-state index contributed by atoms with van der Waals surface area (Å²) in [5, 5.41) is 2.65. The predicted octanol–water partition coefficient (Wildman–Crippen LogP) is -0.602. The first-order chi connectivity index (χ1) is 4.27. The van der Waals surface area contributed by atoms with Crippen molar-refractivity contribution < 1.29 is 4.79 Å². The first-order valence-electron chi connectivity index (χ1n) is 2.95. The van der Waals surface area contributed by atoms with Crippen molar-refractivity contribution in [2.75, 3.05) is 13.1 Å². The highest BCUT2D eigenvalue weighted by atomic mass is 35.5. The Kier molecular flexibility index (Phi) is 10.7. The molecule has 4 nitrogen and oxygen atoms in total. The van der Waals surface area contributed by atoms with E-state index in [0.717, 1.165) is 13.0 Å². The van der Waals surface area contributed by atoms with E-state index in [0.29, 0.717) is 6.54 Å². The summed E-state index contributed by atoms with van der Waals surface area (Å²) >= 11 is 0. The van der Waals surface area contributed by atoms with Crippen LogP contribution in [0.2, 0.25) is 0 Å². The number of halogens is 1. The molecule has 4 N–H and O–H groups in total. The molecule has 0 aromatic rings.